The number of carbonyl (C=O) groups excluding carboxylic acids is 1. The first kappa shape index (κ1) is 10.6. The van der Waals surface area contributed by atoms with Crippen LogP contribution >= 0.6 is 15.9 Å². The van der Waals surface area contributed by atoms with E-state index in [0.717, 1.165) is 10.0 Å². The highest BCUT2D eigenvalue weighted by Crippen LogP contribution is 2.32. The number of carbonyl (C=O) groups is 1. The van der Waals surface area contributed by atoms with Crippen LogP contribution in [0, 0.1) is 0 Å². The second kappa shape index (κ2) is 3.94. The van der Waals surface area contributed by atoms with E-state index in [-0.39, 0.29) is 12.5 Å². The molecular formula is C11H12BrNO2. The van der Waals surface area contributed by atoms with Crippen LogP contribution < -0.4 is 5.32 Å². The van der Waals surface area contributed by atoms with E-state index in [1.54, 1.807) is 0 Å². The summed E-state index contributed by atoms with van der Waals surface area (Å²) in [4.78, 5) is 11.0. The molecular weight excluding hydrogens is 258 g/mol. The van der Waals surface area contributed by atoms with Gasteiger partial charge >= 0.3 is 0 Å². The zero-order chi connectivity index (χ0) is 10.9. The van der Waals surface area contributed by atoms with Crippen LogP contribution in [0.5, 0.6) is 0 Å². The SMILES string of the molecule is CC1(c2ccccc2Br)CNC(=O)CO1. The zero-order valence-electron chi connectivity index (χ0n) is 8.42. The number of morpholine rings is 1. The summed E-state index contributed by atoms with van der Waals surface area (Å²) in [5, 5.41) is 2.81. The van der Waals surface area contributed by atoms with Crippen molar-refractivity contribution in [3.05, 3.63) is 34.3 Å². The molecule has 1 N–H and O–H groups in total. The molecule has 0 aliphatic carbocycles. The third-order valence-electron chi connectivity index (χ3n) is 2.59. The van der Waals surface area contributed by atoms with Crippen LogP contribution in [-0.4, -0.2) is 19.1 Å². The highest BCUT2D eigenvalue weighted by atomic mass is 79.9. The molecule has 4 heteroatoms. The van der Waals surface area contributed by atoms with Gasteiger partial charge in [0, 0.05) is 4.47 Å². The van der Waals surface area contributed by atoms with Gasteiger partial charge in [0.05, 0.1) is 6.54 Å². The molecule has 1 aromatic rings. The van der Waals surface area contributed by atoms with Gasteiger partial charge in [-0.15, -0.1) is 0 Å². The molecule has 1 fully saturated rings. The summed E-state index contributed by atoms with van der Waals surface area (Å²) in [5.74, 6) is -0.0560. The van der Waals surface area contributed by atoms with Gasteiger partial charge in [-0.3, -0.25) is 4.79 Å². The van der Waals surface area contributed by atoms with E-state index in [1.165, 1.54) is 0 Å². The number of nitrogens with one attached hydrogen (secondary N) is 1. The van der Waals surface area contributed by atoms with Gasteiger partial charge in [0.1, 0.15) is 12.2 Å². The van der Waals surface area contributed by atoms with Crippen LogP contribution in [0.15, 0.2) is 28.7 Å². The van der Waals surface area contributed by atoms with Crippen molar-refractivity contribution in [1.82, 2.24) is 5.32 Å². The first-order chi connectivity index (χ1) is 7.12. The number of benzene rings is 1. The highest BCUT2D eigenvalue weighted by molar-refractivity contribution is 9.10. The number of halogens is 1. The summed E-state index contributed by atoms with van der Waals surface area (Å²) in [7, 11) is 0. The summed E-state index contributed by atoms with van der Waals surface area (Å²) < 4.78 is 6.61. The molecule has 80 valence electrons. The Labute approximate surface area is 96.9 Å². The summed E-state index contributed by atoms with van der Waals surface area (Å²) in [6.45, 7) is 2.61. The van der Waals surface area contributed by atoms with E-state index >= 15 is 0 Å². The van der Waals surface area contributed by atoms with E-state index in [1.807, 2.05) is 31.2 Å². The number of rotatable bonds is 1. The molecule has 1 amide bonds. The Morgan fingerprint density at radius 2 is 2.20 bits per heavy atom. The van der Waals surface area contributed by atoms with Gasteiger partial charge in [-0.2, -0.15) is 0 Å². The molecule has 1 atom stereocenters. The Hall–Kier alpha value is -0.870. The van der Waals surface area contributed by atoms with Crippen molar-refractivity contribution >= 4 is 21.8 Å². The molecule has 0 saturated carbocycles. The number of hydrogen-bond donors (Lipinski definition) is 1. The van der Waals surface area contributed by atoms with E-state index in [0.29, 0.717) is 6.54 Å². The number of hydrogen-bond acceptors (Lipinski definition) is 2. The van der Waals surface area contributed by atoms with Crippen LogP contribution in [0.3, 0.4) is 0 Å². The molecule has 1 aliphatic rings. The molecule has 0 bridgehead atoms. The van der Waals surface area contributed by atoms with Crippen molar-refractivity contribution in [2.45, 2.75) is 12.5 Å². The molecule has 3 nitrogen and oxygen atoms in total. The second-order valence-corrected chi connectivity index (χ2v) is 4.63. The summed E-state index contributed by atoms with van der Waals surface area (Å²) in [6, 6.07) is 7.89. The Morgan fingerprint density at radius 3 is 2.80 bits per heavy atom. The van der Waals surface area contributed by atoms with Crippen molar-refractivity contribution in [1.29, 1.82) is 0 Å². The van der Waals surface area contributed by atoms with Crippen molar-refractivity contribution in [2.24, 2.45) is 0 Å². The van der Waals surface area contributed by atoms with Gasteiger partial charge in [-0.05, 0) is 18.6 Å². The topological polar surface area (TPSA) is 38.3 Å². The molecule has 1 aliphatic heterocycles. The fourth-order valence-corrected chi connectivity index (χ4v) is 2.36. The standard InChI is InChI=1S/C11H12BrNO2/c1-11(7-13-10(14)6-15-11)8-4-2-3-5-9(8)12/h2-5H,6-7H2,1H3,(H,13,14). The number of ether oxygens (including phenoxy) is 1. The third kappa shape index (κ3) is 2.06. The van der Waals surface area contributed by atoms with Crippen LogP contribution in [0.1, 0.15) is 12.5 Å². The molecule has 15 heavy (non-hydrogen) atoms. The molecule has 1 heterocycles. The molecule has 2 rings (SSSR count). The fraction of sp³-hybridized carbons (Fsp3) is 0.364. The Bertz CT molecular complexity index is 382. The lowest BCUT2D eigenvalue weighted by atomic mass is 9.94. The number of amides is 1. The maximum Gasteiger partial charge on any atom is 0.246 e. The Kier molecular flexibility index (Phi) is 2.80. The van der Waals surface area contributed by atoms with Crippen LogP contribution in [0.4, 0.5) is 0 Å². The molecule has 1 unspecified atom stereocenters. The second-order valence-electron chi connectivity index (χ2n) is 3.78. The molecule has 1 aromatic carbocycles. The van der Waals surface area contributed by atoms with E-state index in [2.05, 4.69) is 21.2 Å². The Balaban J connectivity index is 2.30. The first-order valence-electron chi connectivity index (χ1n) is 4.77. The minimum atomic E-state index is -0.437. The van der Waals surface area contributed by atoms with E-state index < -0.39 is 5.60 Å². The monoisotopic (exact) mass is 269 g/mol. The van der Waals surface area contributed by atoms with E-state index in [9.17, 15) is 4.79 Å². The average Bonchev–Trinajstić information content (AvgIpc) is 2.23. The summed E-state index contributed by atoms with van der Waals surface area (Å²) >= 11 is 3.49. The first-order valence-corrected chi connectivity index (χ1v) is 5.57. The van der Waals surface area contributed by atoms with Crippen molar-refractivity contribution in [2.75, 3.05) is 13.2 Å². The van der Waals surface area contributed by atoms with Crippen LogP contribution in [-0.2, 0) is 15.1 Å². The zero-order valence-corrected chi connectivity index (χ0v) is 10.0. The van der Waals surface area contributed by atoms with Crippen LogP contribution in [0.2, 0.25) is 0 Å². The molecule has 0 aromatic heterocycles. The third-order valence-corrected chi connectivity index (χ3v) is 3.28. The van der Waals surface area contributed by atoms with Crippen molar-refractivity contribution in [3.8, 4) is 0 Å². The lowest BCUT2D eigenvalue weighted by molar-refractivity contribution is -0.142. The van der Waals surface area contributed by atoms with Gasteiger partial charge in [-0.1, -0.05) is 34.1 Å². The summed E-state index contributed by atoms with van der Waals surface area (Å²) in [5.41, 5.74) is 0.624. The Morgan fingerprint density at radius 1 is 1.47 bits per heavy atom. The predicted molar refractivity (Wildman–Crippen MR) is 60.5 cm³/mol. The average molecular weight is 270 g/mol. The van der Waals surface area contributed by atoms with Gasteiger partial charge in [0.15, 0.2) is 0 Å². The van der Waals surface area contributed by atoms with Gasteiger partial charge in [-0.25, -0.2) is 0 Å². The van der Waals surface area contributed by atoms with Gasteiger partial charge in [0.25, 0.3) is 0 Å². The highest BCUT2D eigenvalue weighted by Gasteiger charge is 2.33. The van der Waals surface area contributed by atoms with Gasteiger partial charge < -0.3 is 10.1 Å². The maximum absolute atomic E-state index is 11.0. The van der Waals surface area contributed by atoms with Crippen molar-refractivity contribution in [3.63, 3.8) is 0 Å². The minimum Gasteiger partial charge on any atom is -0.359 e. The van der Waals surface area contributed by atoms with E-state index in [4.69, 9.17) is 4.74 Å². The van der Waals surface area contributed by atoms with Crippen molar-refractivity contribution < 1.29 is 9.53 Å². The maximum atomic E-state index is 11.0. The lowest BCUT2D eigenvalue weighted by Crippen LogP contribution is -2.48. The smallest absolute Gasteiger partial charge is 0.246 e. The lowest BCUT2D eigenvalue weighted by Gasteiger charge is -2.34. The largest absolute Gasteiger partial charge is 0.359 e. The normalized spacial score (nSPS) is 26.1. The predicted octanol–water partition coefficient (Wildman–Crippen LogP) is 1.81. The minimum absolute atomic E-state index is 0.0560. The fourth-order valence-electron chi connectivity index (χ4n) is 1.66. The summed E-state index contributed by atoms with van der Waals surface area (Å²) in [6.07, 6.45) is 0. The molecule has 0 spiro atoms. The molecule has 0 radical (unpaired) electrons. The molecule has 1 saturated heterocycles. The quantitative estimate of drug-likeness (QED) is 0.845. The van der Waals surface area contributed by atoms with Crippen LogP contribution in [0.25, 0.3) is 0 Å². The van der Waals surface area contributed by atoms with Gasteiger partial charge in [0.2, 0.25) is 5.91 Å².